The predicted octanol–water partition coefficient (Wildman–Crippen LogP) is 2.25. The van der Waals surface area contributed by atoms with Gasteiger partial charge in [0.15, 0.2) is 0 Å². The van der Waals surface area contributed by atoms with Gasteiger partial charge in [0.05, 0.1) is 0 Å². The summed E-state index contributed by atoms with van der Waals surface area (Å²) >= 11 is 0. The summed E-state index contributed by atoms with van der Waals surface area (Å²) in [7, 11) is 1.99. The largest absolute Gasteiger partial charge is 0.338 e. The molecule has 1 amide bonds. The van der Waals surface area contributed by atoms with Gasteiger partial charge in [-0.3, -0.25) is 4.79 Å². The number of nitrogens with zero attached hydrogens (tertiary/aromatic N) is 1. The molecule has 1 aromatic carbocycles. The van der Waals surface area contributed by atoms with Crippen LogP contribution in [0.3, 0.4) is 0 Å². The Hall–Kier alpha value is -1.35. The lowest BCUT2D eigenvalue weighted by Crippen LogP contribution is -2.42. The quantitative estimate of drug-likeness (QED) is 0.915. The van der Waals surface area contributed by atoms with Crippen molar-refractivity contribution >= 4 is 5.91 Å². The molecule has 3 nitrogen and oxygen atoms in total. The lowest BCUT2D eigenvalue weighted by Gasteiger charge is -2.33. The molecule has 3 heteroatoms. The van der Waals surface area contributed by atoms with Gasteiger partial charge in [-0.25, -0.2) is 0 Å². The number of rotatable bonds is 3. The summed E-state index contributed by atoms with van der Waals surface area (Å²) in [5.74, 6) is 0.827. The number of piperidine rings is 1. The van der Waals surface area contributed by atoms with Gasteiger partial charge in [-0.2, -0.15) is 0 Å². The number of fused-ring (bicyclic) bond motifs is 1. The molecule has 1 aliphatic carbocycles. The maximum Gasteiger partial charge on any atom is 0.253 e. The highest BCUT2D eigenvalue weighted by molar-refractivity contribution is 5.94. The van der Waals surface area contributed by atoms with Gasteiger partial charge in [0.1, 0.15) is 0 Å². The third kappa shape index (κ3) is 2.73. The van der Waals surface area contributed by atoms with E-state index in [9.17, 15) is 4.79 Å². The van der Waals surface area contributed by atoms with Gasteiger partial charge in [0.2, 0.25) is 0 Å². The van der Waals surface area contributed by atoms with Crippen molar-refractivity contribution in [3.63, 3.8) is 0 Å². The van der Waals surface area contributed by atoms with E-state index in [1.807, 2.05) is 18.0 Å². The molecular weight excluding hydrogens is 248 g/mol. The Labute approximate surface area is 121 Å². The molecule has 20 heavy (non-hydrogen) atoms. The fourth-order valence-corrected chi connectivity index (χ4v) is 3.59. The number of hydrogen-bond acceptors (Lipinski definition) is 2. The molecule has 1 N–H and O–H groups in total. The number of carbonyl (C=O) groups is 1. The average Bonchev–Trinajstić information content (AvgIpc) is 2.94. The summed E-state index contributed by atoms with van der Waals surface area (Å²) in [6.07, 6.45) is 5.91. The molecule has 0 radical (unpaired) electrons. The summed E-state index contributed by atoms with van der Waals surface area (Å²) in [4.78, 5) is 14.7. The Morgan fingerprint density at radius 1 is 1.30 bits per heavy atom. The van der Waals surface area contributed by atoms with Crippen LogP contribution >= 0.6 is 0 Å². The van der Waals surface area contributed by atoms with Crippen molar-refractivity contribution in [1.82, 2.24) is 10.2 Å². The zero-order valence-electron chi connectivity index (χ0n) is 12.3. The molecule has 1 fully saturated rings. The second-order valence-electron chi connectivity index (χ2n) is 6.15. The van der Waals surface area contributed by atoms with Crippen LogP contribution in [0.5, 0.6) is 0 Å². The highest BCUT2D eigenvalue weighted by Gasteiger charge is 2.24. The third-order valence-corrected chi connectivity index (χ3v) is 4.64. The lowest BCUT2D eigenvalue weighted by molar-refractivity contribution is 0.0674. The number of hydrogen-bond donors (Lipinski definition) is 1. The van der Waals surface area contributed by atoms with Crippen molar-refractivity contribution in [2.75, 3.05) is 26.7 Å². The fourth-order valence-electron chi connectivity index (χ4n) is 3.59. The van der Waals surface area contributed by atoms with Crippen LogP contribution in [0, 0.1) is 5.92 Å². The zero-order chi connectivity index (χ0) is 13.9. The van der Waals surface area contributed by atoms with E-state index in [-0.39, 0.29) is 5.91 Å². The summed E-state index contributed by atoms with van der Waals surface area (Å²) in [5, 5.41) is 3.23. The predicted molar refractivity (Wildman–Crippen MR) is 81.0 cm³/mol. The van der Waals surface area contributed by atoms with E-state index >= 15 is 0 Å². The van der Waals surface area contributed by atoms with Crippen molar-refractivity contribution < 1.29 is 4.79 Å². The Bertz CT molecular complexity index is 496. The van der Waals surface area contributed by atoms with E-state index in [1.165, 1.54) is 30.4 Å². The molecule has 2 aliphatic rings. The van der Waals surface area contributed by atoms with E-state index in [1.54, 1.807) is 0 Å². The molecule has 1 saturated heterocycles. The molecule has 3 rings (SSSR count). The molecule has 0 saturated carbocycles. The first-order chi connectivity index (χ1) is 9.78. The standard InChI is InChI=1S/C17H24N2O/c1-18-11-13-4-3-9-19(12-13)17(20)16-8-7-14-5-2-6-15(14)10-16/h7-8,10,13,18H,2-6,9,11-12H2,1H3. The average molecular weight is 272 g/mol. The minimum atomic E-state index is 0.223. The molecule has 0 spiro atoms. The summed E-state index contributed by atoms with van der Waals surface area (Å²) in [6.45, 7) is 2.82. The number of aryl methyl sites for hydroxylation is 2. The maximum atomic E-state index is 12.7. The monoisotopic (exact) mass is 272 g/mol. The van der Waals surface area contributed by atoms with Crippen LogP contribution < -0.4 is 5.32 Å². The third-order valence-electron chi connectivity index (χ3n) is 4.64. The molecule has 1 aliphatic heterocycles. The van der Waals surface area contributed by atoms with Crippen LogP contribution in [-0.2, 0) is 12.8 Å². The van der Waals surface area contributed by atoms with Gasteiger partial charge in [-0.1, -0.05) is 6.07 Å². The molecule has 1 atom stereocenters. The molecule has 1 heterocycles. The molecular formula is C17H24N2O. The van der Waals surface area contributed by atoms with Crippen molar-refractivity contribution in [3.05, 3.63) is 34.9 Å². The highest BCUT2D eigenvalue weighted by Crippen LogP contribution is 2.24. The first-order valence-electron chi connectivity index (χ1n) is 7.83. The first-order valence-corrected chi connectivity index (χ1v) is 7.83. The first kappa shape index (κ1) is 13.6. The SMILES string of the molecule is CNCC1CCCN(C(=O)c2ccc3c(c2)CCC3)C1. The topological polar surface area (TPSA) is 32.3 Å². The van der Waals surface area contributed by atoms with Crippen LogP contribution in [0.2, 0.25) is 0 Å². The number of nitrogens with one attached hydrogen (secondary N) is 1. The van der Waals surface area contributed by atoms with Gasteiger partial charge in [0, 0.05) is 18.7 Å². The molecule has 1 unspecified atom stereocenters. The number of amides is 1. The summed E-state index contributed by atoms with van der Waals surface area (Å²) < 4.78 is 0. The van der Waals surface area contributed by atoms with Crippen molar-refractivity contribution in [1.29, 1.82) is 0 Å². The smallest absolute Gasteiger partial charge is 0.253 e. The van der Waals surface area contributed by atoms with E-state index < -0.39 is 0 Å². The van der Waals surface area contributed by atoms with Gasteiger partial charge in [-0.05, 0) is 74.9 Å². The molecule has 0 bridgehead atoms. The van der Waals surface area contributed by atoms with Gasteiger partial charge < -0.3 is 10.2 Å². The minimum Gasteiger partial charge on any atom is -0.338 e. The second kappa shape index (κ2) is 5.96. The Morgan fingerprint density at radius 3 is 3.00 bits per heavy atom. The van der Waals surface area contributed by atoms with Crippen molar-refractivity contribution in [2.45, 2.75) is 32.1 Å². The van der Waals surface area contributed by atoms with E-state index in [0.717, 1.165) is 38.0 Å². The van der Waals surface area contributed by atoms with Crippen LogP contribution in [0.4, 0.5) is 0 Å². The molecule has 108 valence electrons. The Balaban J connectivity index is 1.72. The fraction of sp³-hybridized carbons (Fsp3) is 0.588. The Morgan fingerprint density at radius 2 is 2.15 bits per heavy atom. The number of likely N-dealkylation sites (tertiary alicyclic amines) is 1. The minimum absolute atomic E-state index is 0.223. The van der Waals surface area contributed by atoms with Gasteiger partial charge >= 0.3 is 0 Å². The second-order valence-corrected chi connectivity index (χ2v) is 6.15. The highest BCUT2D eigenvalue weighted by atomic mass is 16.2. The van der Waals surface area contributed by atoms with E-state index in [2.05, 4.69) is 17.4 Å². The summed E-state index contributed by atoms with van der Waals surface area (Å²) in [6, 6.07) is 6.31. The number of benzene rings is 1. The van der Waals surface area contributed by atoms with Gasteiger partial charge in [-0.15, -0.1) is 0 Å². The van der Waals surface area contributed by atoms with Crippen molar-refractivity contribution in [2.24, 2.45) is 5.92 Å². The van der Waals surface area contributed by atoms with Crippen LogP contribution in [0.15, 0.2) is 18.2 Å². The van der Waals surface area contributed by atoms with Gasteiger partial charge in [0.25, 0.3) is 5.91 Å². The summed E-state index contributed by atoms with van der Waals surface area (Å²) in [5.41, 5.74) is 3.71. The maximum absolute atomic E-state index is 12.7. The zero-order valence-corrected chi connectivity index (χ0v) is 12.3. The molecule has 0 aromatic heterocycles. The van der Waals surface area contributed by atoms with Crippen molar-refractivity contribution in [3.8, 4) is 0 Å². The van der Waals surface area contributed by atoms with Crippen LogP contribution in [-0.4, -0.2) is 37.5 Å². The van der Waals surface area contributed by atoms with E-state index in [4.69, 9.17) is 0 Å². The lowest BCUT2D eigenvalue weighted by atomic mass is 9.97. The Kier molecular flexibility index (Phi) is 4.06. The van der Waals surface area contributed by atoms with E-state index in [0.29, 0.717) is 5.92 Å². The van der Waals surface area contributed by atoms with Crippen LogP contribution in [0.1, 0.15) is 40.7 Å². The molecule has 1 aromatic rings. The normalized spacial score (nSPS) is 21.9. The van der Waals surface area contributed by atoms with Crippen LogP contribution in [0.25, 0.3) is 0 Å². The number of carbonyl (C=O) groups excluding carboxylic acids is 1.